The van der Waals surface area contributed by atoms with Crippen molar-refractivity contribution < 1.29 is 8.83 Å². The molecule has 2 heterocycles. The van der Waals surface area contributed by atoms with E-state index in [9.17, 15) is 0 Å². The van der Waals surface area contributed by atoms with E-state index >= 15 is 0 Å². The first kappa shape index (κ1) is 11.7. The van der Waals surface area contributed by atoms with Crippen LogP contribution in [0.1, 0.15) is 17.2 Å². The third kappa shape index (κ3) is 2.88. The number of nitrogens with one attached hydrogen (secondary N) is 1. The Morgan fingerprint density at radius 1 is 1.41 bits per heavy atom. The van der Waals surface area contributed by atoms with Crippen LogP contribution in [0.25, 0.3) is 0 Å². The van der Waals surface area contributed by atoms with Crippen LogP contribution in [0.15, 0.2) is 27.2 Å². The molecule has 17 heavy (non-hydrogen) atoms. The number of furan rings is 1. The summed E-state index contributed by atoms with van der Waals surface area (Å²) in [7, 11) is 3.80. The number of aryl methyl sites for hydroxylation is 1. The van der Waals surface area contributed by atoms with Crippen molar-refractivity contribution in [3.8, 4) is 0 Å². The zero-order valence-electron chi connectivity index (χ0n) is 10.4. The molecule has 0 aromatic carbocycles. The van der Waals surface area contributed by atoms with E-state index in [0.717, 1.165) is 17.2 Å². The van der Waals surface area contributed by atoms with Crippen molar-refractivity contribution >= 4 is 6.01 Å². The Bertz CT molecular complexity index is 476. The molecule has 0 bridgehead atoms. The third-order valence-corrected chi connectivity index (χ3v) is 2.41. The molecule has 0 aliphatic carbocycles. The summed E-state index contributed by atoms with van der Waals surface area (Å²) in [6.07, 6.45) is 1.66. The maximum atomic E-state index is 5.51. The highest BCUT2D eigenvalue weighted by Gasteiger charge is 2.10. The van der Waals surface area contributed by atoms with Crippen molar-refractivity contribution in [2.45, 2.75) is 20.0 Å². The number of oxazole rings is 1. The first-order valence-corrected chi connectivity index (χ1v) is 5.54. The van der Waals surface area contributed by atoms with Crippen molar-refractivity contribution in [1.29, 1.82) is 0 Å². The van der Waals surface area contributed by atoms with Gasteiger partial charge in [-0.1, -0.05) is 0 Å². The van der Waals surface area contributed by atoms with E-state index in [1.54, 1.807) is 6.26 Å². The molecule has 92 valence electrons. The second kappa shape index (κ2) is 5.05. The normalized spacial score (nSPS) is 10.8. The second-order valence-electron chi connectivity index (χ2n) is 4.02. The molecule has 2 rings (SSSR count). The fourth-order valence-electron chi connectivity index (χ4n) is 1.61. The van der Waals surface area contributed by atoms with Gasteiger partial charge in [0.15, 0.2) is 0 Å². The van der Waals surface area contributed by atoms with Crippen LogP contribution in [0.2, 0.25) is 0 Å². The predicted octanol–water partition coefficient (Wildman–Crippen LogP) is 1.93. The summed E-state index contributed by atoms with van der Waals surface area (Å²) in [5.41, 5.74) is 0.893. The maximum Gasteiger partial charge on any atom is 0.297 e. The molecular weight excluding hydrogens is 218 g/mol. The molecule has 0 amide bonds. The molecule has 5 heteroatoms. The molecule has 5 nitrogen and oxygen atoms in total. The standard InChI is InChI=1S/C12H17N3O2/c1-9-4-5-11(17-9)7-15(3)12-14-10(6-13-2)8-16-12/h4-5,8,13H,6-7H2,1-3H3. The van der Waals surface area contributed by atoms with Gasteiger partial charge >= 0.3 is 0 Å². The molecule has 0 saturated carbocycles. The number of nitrogens with zero attached hydrogens (tertiary/aromatic N) is 2. The predicted molar refractivity (Wildman–Crippen MR) is 64.8 cm³/mol. The van der Waals surface area contributed by atoms with Crippen molar-refractivity contribution in [2.75, 3.05) is 19.0 Å². The first-order valence-electron chi connectivity index (χ1n) is 5.54. The lowest BCUT2D eigenvalue weighted by Crippen LogP contribution is -2.16. The van der Waals surface area contributed by atoms with Crippen molar-refractivity contribution in [3.05, 3.63) is 35.6 Å². The molecule has 1 N–H and O–H groups in total. The Morgan fingerprint density at radius 3 is 2.88 bits per heavy atom. The Morgan fingerprint density at radius 2 is 2.24 bits per heavy atom. The molecule has 0 aliphatic heterocycles. The smallest absolute Gasteiger partial charge is 0.297 e. The molecular formula is C12H17N3O2. The summed E-state index contributed by atoms with van der Waals surface area (Å²) in [4.78, 5) is 6.27. The highest BCUT2D eigenvalue weighted by molar-refractivity contribution is 5.26. The van der Waals surface area contributed by atoms with Gasteiger partial charge in [0.2, 0.25) is 0 Å². The number of hydrogen-bond donors (Lipinski definition) is 1. The molecule has 0 aliphatic rings. The van der Waals surface area contributed by atoms with Gasteiger partial charge in [0.25, 0.3) is 6.01 Å². The minimum absolute atomic E-state index is 0.601. The van der Waals surface area contributed by atoms with Crippen molar-refractivity contribution in [3.63, 3.8) is 0 Å². The maximum absolute atomic E-state index is 5.51. The lowest BCUT2D eigenvalue weighted by atomic mass is 10.4. The van der Waals surface area contributed by atoms with E-state index in [2.05, 4.69) is 10.3 Å². The van der Waals surface area contributed by atoms with Crippen LogP contribution < -0.4 is 10.2 Å². The van der Waals surface area contributed by atoms with E-state index in [0.29, 0.717) is 19.1 Å². The monoisotopic (exact) mass is 235 g/mol. The van der Waals surface area contributed by atoms with Gasteiger partial charge in [-0.2, -0.15) is 4.98 Å². The van der Waals surface area contributed by atoms with Gasteiger partial charge in [-0.3, -0.25) is 0 Å². The Balaban J connectivity index is 2.01. The summed E-state index contributed by atoms with van der Waals surface area (Å²) in [6.45, 7) is 3.28. The van der Waals surface area contributed by atoms with Crippen LogP contribution in [0, 0.1) is 6.92 Å². The zero-order valence-corrected chi connectivity index (χ0v) is 10.4. The lowest BCUT2D eigenvalue weighted by molar-refractivity contribution is 0.469. The minimum atomic E-state index is 0.601. The molecule has 0 saturated heterocycles. The van der Waals surface area contributed by atoms with E-state index < -0.39 is 0 Å². The van der Waals surface area contributed by atoms with E-state index in [1.807, 2.05) is 38.1 Å². The van der Waals surface area contributed by atoms with Crippen LogP contribution >= 0.6 is 0 Å². The third-order valence-electron chi connectivity index (χ3n) is 2.41. The molecule has 0 fully saturated rings. The van der Waals surface area contributed by atoms with Crippen LogP contribution in [-0.2, 0) is 13.1 Å². The van der Waals surface area contributed by atoms with E-state index in [-0.39, 0.29) is 0 Å². The fourth-order valence-corrected chi connectivity index (χ4v) is 1.61. The Labute approximate surface area is 100 Å². The number of aromatic nitrogens is 1. The van der Waals surface area contributed by atoms with Gasteiger partial charge in [-0.05, 0) is 26.1 Å². The SMILES string of the molecule is CNCc1coc(N(C)Cc2ccc(C)o2)n1. The van der Waals surface area contributed by atoms with Gasteiger partial charge in [-0.25, -0.2) is 0 Å². The molecule has 0 atom stereocenters. The molecule has 2 aromatic heterocycles. The van der Waals surface area contributed by atoms with Crippen molar-refractivity contribution in [2.24, 2.45) is 0 Å². The Kier molecular flexibility index (Phi) is 3.49. The van der Waals surface area contributed by atoms with Crippen LogP contribution in [-0.4, -0.2) is 19.1 Å². The summed E-state index contributed by atoms with van der Waals surface area (Å²) in [5.74, 6) is 1.81. The molecule has 0 unspecified atom stereocenters. The highest BCUT2D eigenvalue weighted by atomic mass is 16.4. The number of hydrogen-bond acceptors (Lipinski definition) is 5. The van der Waals surface area contributed by atoms with E-state index in [1.165, 1.54) is 0 Å². The summed E-state index contributed by atoms with van der Waals surface area (Å²) in [6, 6.07) is 4.51. The minimum Gasteiger partial charge on any atom is -0.464 e. The fraction of sp³-hybridized carbons (Fsp3) is 0.417. The second-order valence-corrected chi connectivity index (χ2v) is 4.02. The molecule has 2 aromatic rings. The highest BCUT2D eigenvalue weighted by Crippen LogP contribution is 2.16. The van der Waals surface area contributed by atoms with Crippen LogP contribution in [0.4, 0.5) is 6.01 Å². The average molecular weight is 235 g/mol. The lowest BCUT2D eigenvalue weighted by Gasteiger charge is -2.11. The number of rotatable bonds is 5. The summed E-state index contributed by atoms with van der Waals surface area (Å²) < 4.78 is 10.9. The quantitative estimate of drug-likeness (QED) is 0.858. The summed E-state index contributed by atoms with van der Waals surface area (Å²) in [5, 5.41) is 3.03. The van der Waals surface area contributed by atoms with Gasteiger partial charge in [-0.15, -0.1) is 0 Å². The van der Waals surface area contributed by atoms with Crippen LogP contribution in [0.3, 0.4) is 0 Å². The van der Waals surface area contributed by atoms with Gasteiger partial charge in [0.1, 0.15) is 17.8 Å². The average Bonchev–Trinajstić information content (AvgIpc) is 2.88. The zero-order chi connectivity index (χ0) is 12.3. The molecule has 0 spiro atoms. The van der Waals surface area contributed by atoms with E-state index in [4.69, 9.17) is 8.83 Å². The van der Waals surface area contributed by atoms with Gasteiger partial charge in [0.05, 0.1) is 12.2 Å². The van der Waals surface area contributed by atoms with Gasteiger partial charge in [0, 0.05) is 13.6 Å². The van der Waals surface area contributed by atoms with Crippen LogP contribution in [0.5, 0.6) is 0 Å². The molecule has 0 radical (unpaired) electrons. The Hall–Kier alpha value is -1.75. The van der Waals surface area contributed by atoms with Gasteiger partial charge < -0.3 is 19.1 Å². The number of anilines is 1. The summed E-state index contributed by atoms with van der Waals surface area (Å²) >= 11 is 0. The topological polar surface area (TPSA) is 54.4 Å². The van der Waals surface area contributed by atoms with Crippen molar-refractivity contribution in [1.82, 2.24) is 10.3 Å². The first-order chi connectivity index (χ1) is 8.19. The largest absolute Gasteiger partial charge is 0.464 e.